The summed E-state index contributed by atoms with van der Waals surface area (Å²) in [5, 5.41) is 0. The summed E-state index contributed by atoms with van der Waals surface area (Å²) in [4.78, 5) is 6.42. The Kier molecular flexibility index (Phi) is 4.45. The van der Waals surface area contributed by atoms with Crippen LogP contribution in [-0.4, -0.2) is 42.1 Å². The molecule has 15 heavy (non-hydrogen) atoms. The summed E-state index contributed by atoms with van der Waals surface area (Å²) in [5.74, 6) is 0.733. The van der Waals surface area contributed by atoms with Crippen LogP contribution in [0.5, 0.6) is 5.75 Å². The van der Waals surface area contributed by atoms with Crippen LogP contribution in [0.1, 0.15) is 5.69 Å². The maximum atomic E-state index is 5.46. The molecule has 0 saturated heterocycles. The molecule has 0 amide bonds. The van der Waals surface area contributed by atoms with Crippen LogP contribution in [0, 0.1) is 0 Å². The summed E-state index contributed by atoms with van der Waals surface area (Å²) < 4.78 is 5.46. The lowest BCUT2D eigenvalue weighted by atomic mass is 10.3. The quantitative estimate of drug-likeness (QED) is 0.746. The molecule has 0 saturated carbocycles. The molecule has 0 radical (unpaired) electrons. The highest BCUT2D eigenvalue weighted by Gasteiger charge is 1.99. The lowest BCUT2D eigenvalue weighted by molar-refractivity contribution is 0.260. The van der Waals surface area contributed by atoms with E-state index in [0.29, 0.717) is 17.3 Å². The van der Waals surface area contributed by atoms with Crippen LogP contribution in [0.15, 0.2) is 18.3 Å². The molecule has 0 spiro atoms. The van der Waals surface area contributed by atoms with Crippen molar-refractivity contribution in [2.24, 2.45) is 5.73 Å². The van der Waals surface area contributed by atoms with Gasteiger partial charge in [-0.05, 0) is 26.2 Å². The lowest BCUT2D eigenvalue weighted by Crippen LogP contribution is -2.19. The predicted molar refractivity (Wildman–Crippen MR) is 64.2 cm³/mol. The van der Waals surface area contributed by atoms with E-state index in [-0.39, 0.29) is 0 Å². The van der Waals surface area contributed by atoms with Crippen molar-refractivity contribution in [2.45, 2.75) is 0 Å². The molecule has 0 aliphatic heterocycles. The fourth-order valence-corrected chi connectivity index (χ4v) is 1.08. The van der Waals surface area contributed by atoms with E-state index in [1.54, 1.807) is 12.3 Å². The Hall–Kier alpha value is -1.20. The number of hydrogen-bond donors (Lipinski definition) is 1. The van der Waals surface area contributed by atoms with Gasteiger partial charge in [-0.15, -0.1) is 0 Å². The molecule has 0 bridgehead atoms. The van der Waals surface area contributed by atoms with Crippen LogP contribution in [0.3, 0.4) is 0 Å². The number of nitrogens with zero attached hydrogens (tertiary/aromatic N) is 2. The van der Waals surface area contributed by atoms with E-state index in [1.807, 2.05) is 20.2 Å². The van der Waals surface area contributed by atoms with Gasteiger partial charge in [-0.2, -0.15) is 0 Å². The molecule has 0 aliphatic rings. The van der Waals surface area contributed by atoms with Gasteiger partial charge in [-0.3, -0.25) is 0 Å². The van der Waals surface area contributed by atoms with Crippen molar-refractivity contribution in [3.05, 3.63) is 24.0 Å². The van der Waals surface area contributed by atoms with Crippen molar-refractivity contribution >= 4 is 17.2 Å². The van der Waals surface area contributed by atoms with Crippen molar-refractivity contribution in [1.29, 1.82) is 0 Å². The van der Waals surface area contributed by atoms with Gasteiger partial charge in [0.1, 0.15) is 17.3 Å². The minimum atomic E-state index is 0.301. The fourth-order valence-electron chi connectivity index (χ4n) is 0.957. The molecule has 1 aromatic heterocycles. The van der Waals surface area contributed by atoms with E-state index in [0.717, 1.165) is 12.3 Å². The van der Waals surface area contributed by atoms with Gasteiger partial charge in [0.25, 0.3) is 0 Å². The molecule has 1 rings (SSSR count). The SMILES string of the molecule is CN(C)CCOc1ccc(C(N)=S)nc1. The van der Waals surface area contributed by atoms with Crippen LogP contribution < -0.4 is 10.5 Å². The van der Waals surface area contributed by atoms with E-state index < -0.39 is 0 Å². The van der Waals surface area contributed by atoms with E-state index in [9.17, 15) is 0 Å². The third-order valence-electron chi connectivity index (χ3n) is 1.80. The van der Waals surface area contributed by atoms with Crippen LogP contribution in [0.2, 0.25) is 0 Å². The first-order chi connectivity index (χ1) is 7.09. The number of rotatable bonds is 5. The average molecular weight is 225 g/mol. The molecule has 1 aromatic rings. The summed E-state index contributed by atoms with van der Waals surface area (Å²) in [6.45, 7) is 1.51. The monoisotopic (exact) mass is 225 g/mol. The minimum absolute atomic E-state index is 0.301. The van der Waals surface area contributed by atoms with Crippen LogP contribution in [-0.2, 0) is 0 Å². The Morgan fingerprint density at radius 1 is 1.53 bits per heavy atom. The maximum Gasteiger partial charge on any atom is 0.137 e. The van der Waals surface area contributed by atoms with Crippen LogP contribution in [0.4, 0.5) is 0 Å². The van der Waals surface area contributed by atoms with Gasteiger partial charge in [0, 0.05) is 6.54 Å². The zero-order valence-electron chi connectivity index (χ0n) is 8.93. The number of pyridine rings is 1. The first kappa shape index (κ1) is 11.9. The van der Waals surface area contributed by atoms with E-state index >= 15 is 0 Å². The third-order valence-corrected chi connectivity index (χ3v) is 2.01. The highest BCUT2D eigenvalue weighted by atomic mass is 32.1. The molecule has 0 fully saturated rings. The highest BCUT2D eigenvalue weighted by molar-refractivity contribution is 7.80. The minimum Gasteiger partial charge on any atom is -0.491 e. The Labute approximate surface area is 95.0 Å². The summed E-state index contributed by atoms with van der Waals surface area (Å²) in [7, 11) is 4.00. The van der Waals surface area contributed by atoms with Gasteiger partial charge < -0.3 is 15.4 Å². The number of thiocarbonyl (C=S) groups is 1. The molecule has 5 heteroatoms. The number of hydrogen-bond acceptors (Lipinski definition) is 4. The Bertz CT molecular complexity index is 324. The zero-order chi connectivity index (χ0) is 11.3. The topological polar surface area (TPSA) is 51.4 Å². The summed E-state index contributed by atoms with van der Waals surface area (Å²) >= 11 is 4.79. The van der Waals surface area contributed by atoms with Gasteiger partial charge in [0.15, 0.2) is 0 Å². The molecule has 2 N–H and O–H groups in total. The van der Waals surface area contributed by atoms with Gasteiger partial charge in [-0.25, -0.2) is 4.98 Å². The first-order valence-electron chi connectivity index (χ1n) is 4.63. The van der Waals surface area contributed by atoms with Crippen molar-refractivity contribution in [3.8, 4) is 5.75 Å². The van der Waals surface area contributed by atoms with E-state index in [4.69, 9.17) is 22.7 Å². The number of aromatic nitrogens is 1. The molecular weight excluding hydrogens is 210 g/mol. The standard InChI is InChI=1S/C10H15N3OS/c1-13(2)5-6-14-8-3-4-9(10(11)15)12-7-8/h3-4,7H,5-6H2,1-2H3,(H2,11,15). The average Bonchev–Trinajstić information content (AvgIpc) is 2.18. The summed E-state index contributed by atoms with van der Waals surface area (Å²) in [5.41, 5.74) is 6.04. The van der Waals surface area contributed by atoms with E-state index in [2.05, 4.69) is 9.88 Å². The van der Waals surface area contributed by atoms with Crippen molar-refractivity contribution in [1.82, 2.24) is 9.88 Å². The van der Waals surface area contributed by atoms with Crippen LogP contribution >= 0.6 is 12.2 Å². The number of nitrogens with two attached hydrogens (primary N) is 1. The Morgan fingerprint density at radius 3 is 2.73 bits per heavy atom. The fraction of sp³-hybridized carbons (Fsp3) is 0.400. The maximum absolute atomic E-state index is 5.46. The third kappa shape index (κ3) is 4.22. The van der Waals surface area contributed by atoms with Crippen molar-refractivity contribution in [2.75, 3.05) is 27.2 Å². The number of likely N-dealkylation sites (N-methyl/N-ethyl adjacent to an activating group) is 1. The molecule has 0 aromatic carbocycles. The second-order valence-electron chi connectivity index (χ2n) is 3.40. The van der Waals surface area contributed by atoms with E-state index in [1.165, 1.54) is 0 Å². The summed E-state index contributed by atoms with van der Waals surface area (Å²) in [6, 6.07) is 3.57. The Morgan fingerprint density at radius 2 is 2.27 bits per heavy atom. The van der Waals surface area contributed by atoms with Crippen molar-refractivity contribution < 1.29 is 4.74 Å². The summed E-state index contributed by atoms with van der Waals surface area (Å²) in [6.07, 6.45) is 1.63. The molecule has 0 atom stereocenters. The van der Waals surface area contributed by atoms with Gasteiger partial charge in [0.2, 0.25) is 0 Å². The predicted octanol–water partition coefficient (Wildman–Crippen LogP) is 0.656. The highest BCUT2D eigenvalue weighted by Crippen LogP contribution is 2.08. The van der Waals surface area contributed by atoms with Gasteiger partial charge >= 0.3 is 0 Å². The molecule has 4 nitrogen and oxygen atoms in total. The zero-order valence-corrected chi connectivity index (χ0v) is 9.75. The molecule has 0 aliphatic carbocycles. The smallest absolute Gasteiger partial charge is 0.137 e. The molecule has 0 unspecified atom stereocenters. The lowest BCUT2D eigenvalue weighted by Gasteiger charge is -2.10. The van der Waals surface area contributed by atoms with Crippen molar-refractivity contribution in [3.63, 3.8) is 0 Å². The number of ether oxygens (including phenoxy) is 1. The molecule has 82 valence electrons. The Balaban J connectivity index is 2.46. The molecule has 1 heterocycles. The van der Waals surface area contributed by atoms with Crippen LogP contribution in [0.25, 0.3) is 0 Å². The van der Waals surface area contributed by atoms with Gasteiger partial charge in [-0.1, -0.05) is 12.2 Å². The largest absolute Gasteiger partial charge is 0.491 e. The normalized spacial score (nSPS) is 10.3. The first-order valence-corrected chi connectivity index (χ1v) is 5.04. The second kappa shape index (κ2) is 5.63. The second-order valence-corrected chi connectivity index (χ2v) is 3.83. The molecular formula is C10H15N3OS. The van der Waals surface area contributed by atoms with Gasteiger partial charge in [0.05, 0.1) is 11.9 Å².